The summed E-state index contributed by atoms with van der Waals surface area (Å²) in [6, 6.07) is 12.9. The molecule has 0 fully saturated rings. The van der Waals surface area contributed by atoms with Crippen molar-refractivity contribution in [3.8, 4) is 5.75 Å². The third kappa shape index (κ3) is 4.70. The summed E-state index contributed by atoms with van der Waals surface area (Å²) in [4.78, 5) is 13.8. The number of amides is 1. The molecule has 1 aliphatic rings. The van der Waals surface area contributed by atoms with Gasteiger partial charge < -0.3 is 10.1 Å². The smallest absolute Gasteiger partial charge is 0.267 e. The van der Waals surface area contributed by atoms with Crippen LogP contribution in [0.15, 0.2) is 47.4 Å². The molecule has 8 heteroatoms. The van der Waals surface area contributed by atoms with Gasteiger partial charge in [0.05, 0.1) is 24.2 Å². The maximum atomic E-state index is 12.9. The van der Waals surface area contributed by atoms with Gasteiger partial charge in [0.25, 0.3) is 5.91 Å². The van der Waals surface area contributed by atoms with Crippen molar-refractivity contribution >= 4 is 39.1 Å². The van der Waals surface area contributed by atoms with Gasteiger partial charge in [0.15, 0.2) is 6.10 Å². The first-order valence-corrected chi connectivity index (χ1v) is 12.3. The van der Waals surface area contributed by atoms with Crippen molar-refractivity contribution in [3.05, 3.63) is 48.0 Å². The quantitative estimate of drug-likeness (QED) is 0.740. The minimum Gasteiger partial charge on any atom is -0.476 e. The Morgan fingerprint density at radius 2 is 1.90 bits per heavy atom. The molecule has 0 saturated carbocycles. The number of carbonyl (C=O) groups is 1. The van der Waals surface area contributed by atoms with E-state index in [-0.39, 0.29) is 17.9 Å². The molecule has 0 aliphatic carbocycles. The predicted octanol–water partition coefficient (Wildman–Crippen LogP) is 3.87. The van der Waals surface area contributed by atoms with Crippen LogP contribution < -0.4 is 14.4 Å². The second-order valence-corrected chi connectivity index (χ2v) is 10.8. The van der Waals surface area contributed by atoms with Crippen LogP contribution in [0.1, 0.15) is 26.3 Å². The van der Waals surface area contributed by atoms with Crippen LogP contribution >= 0.6 is 11.8 Å². The fourth-order valence-corrected chi connectivity index (χ4v) is 4.59. The normalized spacial score (nSPS) is 16.7. The number of fused-ring (bicyclic) bond motifs is 1. The molecule has 1 aliphatic heterocycles. The van der Waals surface area contributed by atoms with Crippen molar-refractivity contribution in [1.29, 1.82) is 0 Å². The van der Waals surface area contributed by atoms with Gasteiger partial charge >= 0.3 is 0 Å². The third-order valence-electron chi connectivity index (χ3n) is 4.75. The topological polar surface area (TPSA) is 75.7 Å². The second kappa shape index (κ2) is 7.91. The van der Waals surface area contributed by atoms with E-state index in [0.29, 0.717) is 17.1 Å². The van der Waals surface area contributed by atoms with Gasteiger partial charge in [-0.25, -0.2) is 8.42 Å². The standard InChI is InChI=1S/C21H26N2O4S2/c1-21(2,3)14-10-11-17-16(12-14)23(29(5,25)26)13-18(27-17)20(24)22-15-8-6-7-9-19(15)28-4/h6-12,18H,13H2,1-5H3,(H,22,24). The Kier molecular flexibility index (Phi) is 5.87. The summed E-state index contributed by atoms with van der Waals surface area (Å²) in [5.74, 6) is -0.00123. The minimum atomic E-state index is -3.58. The second-order valence-electron chi connectivity index (χ2n) is 8.02. The van der Waals surface area contributed by atoms with Crippen LogP contribution in [0.25, 0.3) is 0 Å². The molecule has 0 bridgehead atoms. The SMILES string of the molecule is CSc1ccccc1NC(=O)C1CN(S(C)(=O)=O)c2cc(C(C)(C)C)ccc2O1. The van der Waals surface area contributed by atoms with Crippen molar-refractivity contribution in [2.45, 2.75) is 37.2 Å². The van der Waals surface area contributed by atoms with E-state index >= 15 is 0 Å². The maximum Gasteiger partial charge on any atom is 0.267 e. The molecule has 6 nitrogen and oxygen atoms in total. The molecule has 1 atom stereocenters. The van der Waals surface area contributed by atoms with Crippen molar-refractivity contribution in [2.24, 2.45) is 0 Å². The zero-order valence-corrected chi connectivity index (χ0v) is 18.9. The number of rotatable bonds is 4. The highest BCUT2D eigenvalue weighted by Crippen LogP contribution is 2.38. The minimum absolute atomic E-state index is 0.0767. The molecule has 1 amide bonds. The molecule has 2 aromatic rings. The lowest BCUT2D eigenvalue weighted by atomic mass is 9.86. The van der Waals surface area contributed by atoms with Gasteiger partial charge in [0.1, 0.15) is 5.75 Å². The fourth-order valence-electron chi connectivity index (χ4n) is 3.13. The molecular weight excluding hydrogens is 408 g/mol. The van der Waals surface area contributed by atoms with Gasteiger partial charge in [-0.2, -0.15) is 0 Å². The van der Waals surface area contributed by atoms with Crippen LogP contribution in [0.2, 0.25) is 0 Å². The van der Waals surface area contributed by atoms with Crippen LogP contribution in [0.4, 0.5) is 11.4 Å². The van der Waals surface area contributed by atoms with Crippen molar-refractivity contribution in [2.75, 3.05) is 28.7 Å². The van der Waals surface area contributed by atoms with E-state index in [4.69, 9.17) is 4.74 Å². The number of hydrogen-bond acceptors (Lipinski definition) is 5. The van der Waals surface area contributed by atoms with Crippen LogP contribution in [0.3, 0.4) is 0 Å². The van der Waals surface area contributed by atoms with E-state index in [1.54, 1.807) is 6.07 Å². The molecule has 2 aromatic carbocycles. The first-order chi connectivity index (χ1) is 13.5. The fraction of sp³-hybridized carbons (Fsp3) is 0.381. The highest BCUT2D eigenvalue weighted by atomic mass is 32.2. The highest BCUT2D eigenvalue weighted by Gasteiger charge is 2.36. The summed E-state index contributed by atoms with van der Waals surface area (Å²) in [5, 5.41) is 2.86. The number of hydrogen-bond donors (Lipinski definition) is 1. The Morgan fingerprint density at radius 3 is 2.52 bits per heavy atom. The number of nitrogens with zero attached hydrogens (tertiary/aromatic N) is 1. The highest BCUT2D eigenvalue weighted by molar-refractivity contribution is 7.98. The molecular formula is C21H26N2O4S2. The first-order valence-electron chi connectivity index (χ1n) is 9.23. The Balaban J connectivity index is 1.93. The Bertz CT molecular complexity index is 1030. The molecule has 1 N–H and O–H groups in total. The van der Waals surface area contributed by atoms with Crippen LogP contribution in [0.5, 0.6) is 5.75 Å². The number of carbonyl (C=O) groups excluding carboxylic acids is 1. The van der Waals surface area contributed by atoms with Gasteiger partial charge in [-0.15, -0.1) is 11.8 Å². The number of nitrogens with one attached hydrogen (secondary N) is 1. The number of ether oxygens (including phenoxy) is 1. The van der Waals surface area contributed by atoms with Crippen LogP contribution in [-0.4, -0.2) is 39.5 Å². The van der Waals surface area contributed by atoms with E-state index in [2.05, 4.69) is 26.1 Å². The van der Waals surface area contributed by atoms with Crippen LogP contribution in [-0.2, 0) is 20.2 Å². The third-order valence-corrected chi connectivity index (χ3v) is 6.69. The van der Waals surface area contributed by atoms with Gasteiger partial charge in [-0.3, -0.25) is 9.10 Å². The molecule has 0 radical (unpaired) electrons. The molecule has 0 saturated heterocycles. The lowest BCUT2D eigenvalue weighted by molar-refractivity contribution is -0.122. The monoisotopic (exact) mass is 434 g/mol. The van der Waals surface area contributed by atoms with E-state index in [1.807, 2.05) is 42.7 Å². The van der Waals surface area contributed by atoms with Crippen molar-refractivity contribution in [3.63, 3.8) is 0 Å². The number of thioether (sulfide) groups is 1. The van der Waals surface area contributed by atoms with Crippen LogP contribution in [0, 0.1) is 0 Å². The Hall–Kier alpha value is -2.19. The summed E-state index contributed by atoms with van der Waals surface area (Å²) >= 11 is 1.52. The predicted molar refractivity (Wildman–Crippen MR) is 119 cm³/mol. The summed E-state index contributed by atoms with van der Waals surface area (Å²) in [7, 11) is -3.58. The molecule has 29 heavy (non-hydrogen) atoms. The molecule has 0 spiro atoms. The Morgan fingerprint density at radius 1 is 1.21 bits per heavy atom. The average Bonchev–Trinajstić information content (AvgIpc) is 2.65. The van der Waals surface area contributed by atoms with Gasteiger partial charge in [0, 0.05) is 4.90 Å². The maximum absolute atomic E-state index is 12.9. The van der Waals surface area contributed by atoms with E-state index in [9.17, 15) is 13.2 Å². The van der Waals surface area contributed by atoms with Gasteiger partial charge in [0.2, 0.25) is 10.0 Å². The van der Waals surface area contributed by atoms with Gasteiger partial charge in [-0.1, -0.05) is 39.0 Å². The summed E-state index contributed by atoms with van der Waals surface area (Å²) in [5.41, 5.74) is 1.99. The molecule has 1 heterocycles. The molecule has 1 unspecified atom stereocenters. The lowest BCUT2D eigenvalue weighted by Gasteiger charge is -2.35. The number of anilines is 2. The zero-order chi connectivity index (χ0) is 21.4. The number of benzene rings is 2. The lowest BCUT2D eigenvalue weighted by Crippen LogP contribution is -2.48. The average molecular weight is 435 g/mol. The number of para-hydroxylation sites is 1. The van der Waals surface area contributed by atoms with E-state index in [1.165, 1.54) is 16.1 Å². The van der Waals surface area contributed by atoms with Gasteiger partial charge in [-0.05, 0) is 41.5 Å². The summed E-state index contributed by atoms with van der Waals surface area (Å²) < 4.78 is 32.1. The zero-order valence-electron chi connectivity index (χ0n) is 17.2. The Labute approximate surface area is 176 Å². The summed E-state index contributed by atoms with van der Waals surface area (Å²) in [6.45, 7) is 6.10. The van der Waals surface area contributed by atoms with Crippen molar-refractivity contribution in [1.82, 2.24) is 0 Å². The largest absolute Gasteiger partial charge is 0.476 e. The molecule has 0 aromatic heterocycles. The first kappa shape index (κ1) is 21.5. The summed E-state index contributed by atoms with van der Waals surface area (Å²) in [6.07, 6.45) is 2.12. The van der Waals surface area contributed by atoms with Crippen molar-refractivity contribution < 1.29 is 17.9 Å². The molecule has 156 valence electrons. The van der Waals surface area contributed by atoms with E-state index in [0.717, 1.165) is 16.7 Å². The van der Waals surface area contributed by atoms with E-state index < -0.39 is 16.1 Å². The number of sulfonamides is 1. The molecule has 3 rings (SSSR count).